The van der Waals surface area contributed by atoms with Gasteiger partial charge in [-0.2, -0.15) is 5.10 Å². The van der Waals surface area contributed by atoms with Gasteiger partial charge in [0.25, 0.3) is 5.91 Å². The maximum Gasteiger partial charge on any atom is 0.273 e. The molecule has 22 heavy (non-hydrogen) atoms. The number of carbonyl (C=O) groups excluding carboxylic acids is 1. The summed E-state index contributed by atoms with van der Waals surface area (Å²) in [7, 11) is 1.71. The molecule has 0 aliphatic carbocycles. The van der Waals surface area contributed by atoms with Gasteiger partial charge in [0, 0.05) is 25.1 Å². The number of hydrogen-bond donors (Lipinski definition) is 1. The summed E-state index contributed by atoms with van der Waals surface area (Å²) >= 11 is 0. The Morgan fingerprint density at radius 1 is 1.23 bits per heavy atom. The highest BCUT2D eigenvalue weighted by Gasteiger charge is 2.13. The van der Waals surface area contributed by atoms with Crippen molar-refractivity contribution in [2.45, 2.75) is 6.92 Å². The van der Waals surface area contributed by atoms with E-state index in [9.17, 15) is 9.18 Å². The van der Waals surface area contributed by atoms with Gasteiger partial charge in [0.05, 0.1) is 11.4 Å². The van der Waals surface area contributed by atoms with Gasteiger partial charge in [-0.3, -0.25) is 9.48 Å². The molecule has 2 heterocycles. The Balaban J connectivity index is 1.88. The van der Waals surface area contributed by atoms with Crippen LogP contribution < -0.4 is 5.32 Å². The Morgan fingerprint density at radius 3 is 2.59 bits per heavy atom. The largest absolute Gasteiger partial charge is 0.321 e. The average Bonchev–Trinajstić information content (AvgIpc) is 3.10. The molecule has 0 spiro atoms. The van der Waals surface area contributed by atoms with Gasteiger partial charge in [-0.15, -0.1) is 0 Å². The number of aromatic nitrogens is 3. The first-order valence-electron chi connectivity index (χ1n) is 6.79. The molecule has 3 rings (SSSR count). The first-order chi connectivity index (χ1) is 10.5. The highest BCUT2D eigenvalue weighted by molar-refractivity contribution is 6.03. The van der Waals surface area contributed by atoms with Crippen LogP contribution in [0.15, 0.2) is 48.8 Å². The Morgan fingerprint density at radius 2 is 1.95 bits per heavy atom. The van der Waals surface area contributed by atoms with E-state index in [4.69, 9.17) is 0 Å². The summed E-state index contributed by atoms with van der Waals surface area (Å²) in [6, 6.07) is 9.78. The molecule has 5 nitrogen and oxygen atoms in total. The zero-order valence-corrected chi connectivity index (χ0v) is 12.2. The minimum Gasteiger partial charge on any atom is -0.321 e. The molecule has 112 valence electrons. The normalized spacial score (nSPS) is 10.7. The van der Waals surface area contributed by atoms with Gasteiger partial charge < -0.3 is 9.88 Å². The van der Waals surface area contributed by atoms with E-state index in [-0.39, 0.29) is 11.7 Å². The third-order valence-electron chi connectivity index (χ3n) is 3.32. The van der Waals surface area contributed by atoms with Gasteiger partial charge in [-0.1, -0.05) is 0 Å². The Bertz CT molecular complexity index is 821. The SMILES string of the molecule is Cc1cc(C(=O)Nc2ccc(F)c(-n3cccc3)c2)n(C)n1. The summed E-state index contributed by atoms with van der Waals surface area (Å²) in [6.45, 7) is 1.82. The van der Waals surface area contributed by atoms with E-state index in [0.717, 1.165) is 5.69 Å². The van der Waals surface area contributed by atoms with Crippen molar-refractivity contribution in [3.8, 4) is 5.69 Å². The molecule has 3 aromatic rings. The molecule has 0 bridgehead atoms. The highest BCUT2D eigenvalue weighted by Crippen LogP contribution is 2.19. The second-order valence-corrected chi connectivity index (χ2v) is 5.01. The van der Waals surface area contributed by atoms with Crippen molar-refractivity contribution in [3.63, 3.8) is 0 Å². The molecule has 2 aromatic heterocycles. The van der Waals surface area contributed by atoms with Crippen LogP contribution in [0.2, 0.25) is 0 Å². The van der Waals surface area contributed by atoms with Crippen LogP contribution in [0.25, 0.3) is 5.69 Å². The molecular formula is C16H15FN4O. The number of anilines is 1. The topological polar surface area (TPSA) is 51.9 Å². The third-order valence-corrected chi connectivity index (χ3v) is 3.32. The van der Waals surface area contributed by atoms with E-state index in [0.29, 0.717) is 17.1 Å². The highest BCUT2D eigenvalue weighted by atomic mass is 19.1. The van der Waals surface area contributed by atoms with Crippen LogP contribution in [0.1, 0.15) is 16.2 Å². The van der Waals surface area contributed by atoms with Gasteiger partial charge >= 0.3 is 0 Å². The van der Waals surface area contributed by atoms with E-state index in [1.54, 1.807) is 36.1 Å². The van der Waals surface area contributed by atoms with Crippen LogP contribution in [0.5, 0.6) is 0 Å². The lowest BCUT2D eigenvalue weighted by molar-refractivity contribution is 0.101. The first-order valence-corrected chi connectivity index (χ1v) is 6.79. The molecule has 0 aliphatic rings. The molecule has 1 amide bonds. The fraction of sp³-hybridized carbons (Fsp3) is 0.125. The molecule has 0 aliphatic heterocycles. The van der Waals surface area contributed by atoms with E-state index in [1.807, 2.05) is 19.1 Å². The van der Waals surface area contributed by atoms with Crippen LogP contribution in [0.3, 0.4) is 0 Å². The maximum absolute atomic E-state index is 13.9. The van der Waals surface area contributed by atoms with Crippen molar-refractivity contribution in [1.29, 1.82) is 0 Å². The van der Waals surface area contributed by atoms with Gasteiger partial charge in [0.15, 0.2) is 0 Å². The zero-order valence-electron chi connectivity index (χ0n) is 12.2. The number of carbonyl (C=O) groups is 1. The van der Waals surface area contributed by atoms with E-state index >= 15 is 0 Å². The number of rotatable bonds is 3. The van der Waals surface area contributed by atoms with Crippen molar-refractivity contribution in [2.24, 2.45) is 7.05 Å². The molecule has 0 saturated heterocycles. The predicted molar refractivity (Wildman–Crippen MR) is 81.6 cm³/mol. The Labute approximate surface area is 127 Å². The zero-order chi connectivity index (χ0) is 15.7. The number of aryl methyl sites for hydroxylation is 2. The molecule has 1 aromatic carbocycles. The van der Waals surface area contributed by atoms with E-state index < -0.39 is 0 Å². The summed E-state index contributed by atoms with van der Waals surface area (Å²) in [6.07, 6.45) is 3.49. The smallest absolute Gasteiger partial charge is 0.273 e. The van der Waals surface area contributed by atoms with Gasteiger partial charge in [0.1, 0.15) is 11.5 Å². The minimum absolute atomic E-state index is 0.284. The lowest BCUT2D eigenvalue weighted by Gasteiger charge is -2.09. The predicted octanol–water partition coefficient (Wildman–Crippen LogP) is 2.91. The van der Waals surface area contributed by atoms with Crippen LogP contribution in [0.4, 0.5) is 10.1 Å². The lowest BCUT2D eigenvalue weighted by Crippen LogP contribution is -2.16. The fourth-order valence-electron chi connectivity index (χ4n) is 2.30. The number of benzene rings is 1. The number of hydrogen-bond acceptors (Lipinski definition) is 2. The Hall–Kier alpha value is -2.89. The van der Waals surface area contributed by atoms with Crippen molar-refractivity contribution < 1.29 is 9.18 Å². The third kappa shape index (κ3) is 2.63. The van der Waals surface area contributed by atoms with Crippen molar-refractivity contribution >= 4 is 11.6 Å². The van der Waals surface area contributed by atoms with Gasteiger partial charge in [-0.25, -0.2) is 4.39 Å². The molecule has 0 unspecified atom stereocenters. The second-order valence-electron chi connectivity index (χ2n) is 5.01. The standard InChI is InChI=1S/C16H15FN4O/c1-11-9-15(20(2)19-11)16(22)18-12-5-6-13(17)14(10-12)21-7-3-4-8-21/h3-10H,1-2H3,(H,18,22). The monoisotopic (exact) mass is 298 g/mol. The summed E-state index contributed by atoms with van der Waals surface area (Å²) in [5, 5.41) is 6.90. The van der Waals surface area contributed by atoms with Gasteiger partial charge in [0.2, 0.25) is 0 Å². The van der Waals surface area contributed by atoms with Crippen LogP contribution >= 0.6 is 0 Å². The van der Waals surface area contributed by atoms with E-state index in [2.05, 4.69) is 10.4 Å². The Kier molecular flexibility index (Phi) is 3.50. The second kappa shape index (κ2) is 5.48. The van der Waals surface area contributed by atoms with E-state index in [1.165, 1.54) is 16.8 Å². The summed E-state index contributed by atoms with van der Waals surface area (Å²) in [4.78, 5) is 12.3. The minimum atomic E-state index is -0.356. The average molecular weight is 298 g/mol. The number of halogens is 1. The number of amides is 1. The molecule has 0 atom stereocenters. The van der Waals surface area contributed by atoms with Crippen LogP contribution in [0, 0.1) is 12.7 Å². The van der Waals surface area contributed by atoms with Crippen molar-refractivity contribution in [1.82, 2.24) is 14.3 Å². The molecule has 0 fully saturated rings. The number of nitrogens with zero attached hydrogens (tertiary/aromatic N) is 3. The van der Waals surface area contributed by atoms with Crippen molar-refractivity contribution in [2.75, 3.05) is 5.32 Å². The van der Waals surface area contributed by atoms with Gasteiger partial charge in [-0.05, 0) is 43.3 Å². The lowest BCUT2D eigenvalue weighted by atomic mass is 10.2. The van der Waals surface area contributed by atoms with Crippen LogP contribution in [-0.2, 0) is 7.05 Å². The summed E-state index contributed by atoms with van der Waals surface area (Å²) < 4.78 is 17.1. The maximum atomic E-state index is 13.9. The summed E-state index contributed by atoms with van der Waals surface area (Å²) in [5.74, 6) is -0.640. The fourth-order valence-corrected chi connectivity index (χ4v) is 2.30. The molecular weight excluding hydrogens is 283 g/mol. The molecule has 0 saturated carbocycles. The summed E-state index contributed by atoms with van der Waals surface area (Å²) in [5.41, 5.74) is 2.11. The first kappa shape index (κ1) is 14.1. The number of nitrogens with one attached hydrogen (secondary N) is 1. The molecule has 1 N–H and O–H groups in total. The molecule has 6 heteroatoms. The van der Waals surface area contributed by atoms with Crippen molar-refractivity contribution in [3.05, 3.63) is 66.0 Å². The quantitative estimate of drug-likeness (QED) is 0.808. The van der Waals surface area contributed by atoms with Crippen LogP contribution in [-0.4, -0.2) is 20.3 Å². The molecule has 0 radical (unpaired) electrons.